The van der Waals surface area contributed by atoms with Crippen LogP contribution in [0.2, 0.25) is 0 Å². The Morgan fingerprint density at radius 1 is 1.50 bits per heavy atom. The Morgan fingerprint density at radius 3 is 2.94 bits per heavy atom. The highest BCUT2D eigenvalue weighted by molar-refractivity contribution is 7.99. The van der Waals surface area contributed by atoms with Crippen molar-refractivity contribution in [2.45, 2.75) is 25.8 Å². The molecule has 2 nitrogen and oxygen atoms in total. The molecule has 0 aliphatic heterocycles. The lowest BCUT2D eigenvalue weighted by molar-refractivity contribution is 0.600. The van der Waals surface area contributed by atoms with E-state index < -0.39 is 0 Å². The zero-order chi connectivity index (χ0) is 13.1. The molecule has 18 heavy (non-hydrogen) atoms. The van der Waals surface area contributed by atoms with Crippen LogP contribution in [0.3, 0.4) is 0 Å². The predicted molar refractivity (Wildman–Crippen MR) is 77.0 cm³/mol. The first kappa shape index (κ1) is 13.7. The van der Waals surface area contributed by atoms with Crippen LogP contribution in [0.1, 0.15) is 25.7 Å². The molecule has 1 aromatic heterocycles. The molecule has 0 bridgehead atoms. The summed E-state index contributed by atoms with van der Waals surface area (Å²) in [7, 11) is 0. The van der Waals surface area contributed by atoms with Gasteiger partial charge in [0.1, 0.15) is 11.6 Å². The summed E-state index contributed by atoms with van der Waals surface area (Å²) in [5.74, 6) is 2.96. The number of benzene rings is 1. The summed E-state index contributed by atoms with van der Waals surface area (Å²) in [5.41, 5.74) is 1.63. The van der Waals surface area contributed by atoms with E-state index in [1.165, 1.54) is 12.1 Å². The number of halogens is 2. The average molecular weight is 287 g/mol. The maximum absolute atomic E-state index is 13.4. The molecule has 0 radical (unpaired) electrons. The third-order valence-electron chi connectivity index (χ3n) is 2.85. The highest BCUT2D eigenvalue weighted by Gasteiger charge is 2.15. The van der Waals surface area contributed by atoms with E-state index in [4.69, 9.17) is 11.6 Å². The maximum Gasteiger partial charge on any atom is 0.125 e. The number of hydrogen-bond acceptors (Lipinski definition) is 2. The summed E-state index contributed by atoms with van der Waals surface area (Å²) in [6.07, 6.45) is 0. The Hall–Kier alpha value is -0.740. The highest BCUT2D eigenvalue weighted by atomic mass is 35.5. The van der Waals surface area contributed by atoms with Crippen molar-refractivity contribution in [1.82, 2.24) is 9.55 Å². The molecular formula is C13H16ClFN2S. The van der Waals surface area contributed by atoms with Crippen molar-refractivity contribution in [3.8, 4) is 0 Å². The van der Waals surface area contributed by atoms with Gasteiger partial charge in [-0.05, 0) is 30.9 Å². The number of rotatable bonds is 5. The third kappa shape index (κ3) is 2.64. The van der Waals surface area contributed by atoms with E-state index in [0.29, 0.717) is 5.88 Å². The number of nitrogens with zero attached hydrogens (tertiary/aromatic N) is 2. The minimum absolute atomic E-state index is 0.236. The second kappa shape index (κ2) is 5.93. The van der Waals surface area contributed by atoms with Crippen LogP contribution in [0.5, 0.6) is 0 Å². The van der Waals surface area contributed by atoms with Gasteiger partial charge in [0.2, 0.25) is 0 Å². The molecule has 5 heteroatoms. The number of fused-ring (bicyclic) bond motifs is 1. The molecule has 1 aromatic carbocycles. The quantitative estimate of drug-likeness (QED) is 0.766. The first-order valence-corrected chi connectivity index (χ1v) is 7.66. The monoisotopic (exact) mass is 286 g/mol. The Kier molecular flexibility index (Phi) is 4.51. The van der Waals surface area contributed by atoms with E-state index in [2.05, 4.69) is 18.8 Å². The average Bonchev–Trinajstić information content (AvgIpc) is 2.73. The lowest BCUT2D eigenvalue weighted by Gasteiger charge is -2.16. The molecule has 0 saturated carbocycles. The van der Waals surface area contributed by atoms with Crippen molar-refractivity contribution in [1.29, 1.82) is 0 Å². The van der Waals surface area contributed by atoms with Crippen molar-refractivity contribution >= 4 is 34.4 Å². The second-order valence-corrected chi connectivity index (χ2v) is 5.76. The topological polar surface area (TPSA) is 17.8 Å². The standard InChI is InChI=1S/C13H16ClFN2S/c1-3-18-8-9(2)17-12-6-10(15)4-5-11(12)16-13(17)7-14/h4-6,9H,3,7-8H2,1-2H3. The summed E-state index contributed by atoms with van der Waals surface area (Å²) in [4.78, 5) is 4.46. The van der Waals surface area contributed by atoms with E-state index in [0.717, 1.165) is 28.4 Å². The lowest BCUT2D eigenvalue weighted by atomic mass is 10.3. The molecule has 0 spiro atoms. The van der Waals surface area contributed by atoms with Gasteiger partial charge in [-0.1, -0.05) is 6.92 Å². The van der Waals surface area contributed by atoms with Crippen molar-refractivity contribution in [3.63, 3.8) is 0 Å². The molecular weight excluding hydrogens is 271 g/mol. The number of hydrogen-bond donors (Lipinski definition) is 0. The number of aromatic nitrogens is 2. The fourth-order valence-corrected chi connectivity index (χ4v) is 2.98. The van der Waals surface area contributed by atoms with Gasteiger partial charge in [-0.25, -0.2) is 9.37 Å². The zero-order valence-corrected chi connectivity index (χ0v) is 12.1. The Labute approximate surface area is 116 Å². The Bertz CT molecular complexity index is 541. The summed E-state index contributed by atoms with van der Waals surface area (Å²) in [6.45, 7) is 4.25. The van der Waals surface area contributed by atoms with E-state index in [1.807, 2.05) is 16.3 Å². The molecule has 0 amide bonds. The van der Waals surface area contributed by atoms with Crippen LogP contribution in [-0.2, 0) is 5.88 Å². The smallest absolute Gasteiger partial charge is 0.125 e. The van der Waals surface area contributed by atoms with E-state index in [1.54, 1.807) is 6.07 Å². The van der Waals surface area contributed by atoms with Crippen molar-refractivity contribution in [2.75, 3.05) is 11.5 Å². The van der Waals surface area contributed by atoms with Crippen molar-refractivity contribution < 1.29 is 4.39 Å². The molecule has 2 aromatic rings. The molecule has 1 unspecified atom stereocenters. The van der Waals surface area contributed by atoms with Crippen LogP contribution < -0.4 is 0 Å². The van der Waals surface area contributed by atoms with Gasteiger partial charge < -0.3 is 4.57 Å². The van der Waals surface area contributed by atoms with Crippen LogP contribution in [0.25, 0.3) is 11.0 Å². The summed E-state index contributed by atoms with van der Waals surface area (Å²) in [6, 6.07) is 4.93. The molecule has 0 fully saturated rings. The summed E-state index contributed by atoms with van der Waals surface area (Å²) < 4.78 is 15.4. The maximum atomic E-state index is 13.4. The molecule has 1 heterocycles. The molecule has 2 rings (SSSR count). The first-order chi connectivity index (χ1) is 8.67. The van der Waals surface area contributed by atoms with Gasteiger partial charge in [0, 0.05) is 11.8 Å². The minimum Gasteiger partial charge on any atom is -0.323 e. The number of thioether (sulfide) groups is 1. The van der Waals surface area contributed by atoms with Gasteiger partial charge in [-0.2, -0.15) is 11.8 Å². The van der Waals surface area contributed by atoms with Crippen LogP contribution in [0.15, 0.2) is 18.2 Å². The van der Waals surface area contributed by atoms with Gasteiger partial charge >= 0.3 is 0 Å². The van der Waals surface area contributed by atoms with Gasteiger partial charge in [0.15, 0.2) is 0 Å². The van der Waals surface area contributed by atoms with Gasteiger partial charge in [0.25, 0.3) is 0 Å². The summed E-state index contributed by atoms with van der Waals surface area (Å²) in [5, 5.41) is 0. The number of imidazole rings is 1. The Balaban J connectivity index is 2.48. The summed E-state index contributed by atoms with van der Waals surface area (Å²) >= 11 is 7.80. The van der Waals surface area contributed by atoms with E-state index >= 15 is 0 Å². The number of alkyl halides is 1. The molecule has 0 saturated heterocycles. The zero-order valence-electron chi connectivity index (χ0n) is 10.5. The minimum atomic E-state index is -0.236. The Morgan fingerprint density at radius 2 is 2.28 bits per heavy atom. The second-order valence-electron chi connectivity index (χ2n) is 4.17. The largest absolute Gasteiger partial charge is 0.323 e. The van der Waals surface area contributed by atoms with Gasteiger partial charge in [0.05, 0.1) is 16.9 Å². The molecule has 0 N–H and O–H groups in total. The fourth-order valence-electron chi connectivity index (χ4n) is 2.07. The fraction of sp³-hybridized carbons (Fsp3) is 0.462. The van der Waals surface area contributed by atoms with Gasteiger partial charge in [-0.3, -0.25) is 0 Å². The SMILES string of the molecule is CCSCC(C)n1c(CCl)nc2ccc(F)cc21. The van der Waals surface area contributed by atoms with Crippen LogP contribution in [0.4, 0.5) is 4.39 Å². The van der Waals surface area contributed by atoms with Crippen LogP contribution in [0, 0.1) is 5.82 Å². The molecule has 1 atom stereocenters. The van der Waals surface area contributed by atoms with Crippen LogP contribution >= 0.6 is 23.4 Å². The van der Waals surface area contributed by atoms with E-state index in [-0.39, 0.29) is 11.9 Å². The van der Waals surface area contributed by atoms with Crippen molar-refractivity contribution in [2.24, 2.45) is 0 Å². The molecule has 0 aliphatic carbocycles. The van der Waals surface area contributed by atoms with E-state index in [9.17, 15) is 4.39 Å². The van der Waals surface area contributed by atoms with Crippen molar-refractivity contribution in [3.05, 3.63) is 29.8 Å². The third-order valence-corrected chi connectivity index (χ3v) is 4.21. The normalized spacial score (nSPS) is 13.1. The highest BCUT2D eigenvalue weighted by Crippen LogP contribution is 2.25. The van der Waals surface area contributed by atoms with Crippen LogP contribution in [-0.4, -0.2) is 21.1 Å². The predicted octanol–water partition coefficient (Wildman–Crippen LogP) is 4.23. The van der Waals surface area contributed by atoms with Gasteiger partial charge in [-0.15, -0.1) is 11.6 Å². The molecule has 98 valence electrons. The molecule has 0 aliphatic rings. The first-order valence-electron chi connectivity index (χ1n) is 5.97. The lowest BCUT2D eigenvalue weighted by Crippen LogP contribution is -2.11.